The minimum atomic E-state index is -0.405. The lowest BCUT2D eigenvalue weighted by atomic mass is 10.1. The number of ether oxygens (including phenoxy) is 3. The summed E-state index contributed by atoms with van der Waals surface area (Å²) in [4.78, 5) is 12.3. The number of hydrogen-bond donors (Lipinski definition) is 1. The summed E-state index contributed by atoms with van der Waals surface area (Å²) < 4.78 is 21.9. The van der Waals surface area contributed by atoms with Crippen LogP contribution in [-0.4, -0.2) is 36.0 Å². The van der Waals surface area contributed by atoms with E-state index in [2.05, 4.69) is 15.6 Å². The molecule has 0 atom stereocenters. The van der Waals surface area contributed by atoms with Crippen LogP contribution in [0.5, 0.6) is 17.2 Å². The molecule has 0 saturated heterocycles. The summed E-state index contributed by atoms with van der Waals surface area (Å²) >= 11 is 5.84. The number of carbonyl (C=O) groups excluding carboxylic acids is 1. The van der Waals surface area contributed by atoms with Crippen LogP contribution in [0, 0.1) is 0 Å². The molecule has 0 radical (unpaired) electrons. The first-order valence-electron chi connectivity index (χ1n) is 10.0. The molecule has 0 spiro atoms. The maximum absolute atomic E-state index is 12.3. The molecule has 3 rings (SSSR count). The molecule has 0 unspecified atom stereocenters. The Morgan fingerprint density at radius 2 is 1.68 bits per heavy atom. The summed E-state index contributed by atoms with van der Waals surface area (Å²) in [5, 5.41) is 11.0. The van der Waals surface area contributed by atoms with Crippen molar-refractivity contribution in [2.45, 2.75) is 26.7 Å². The van der Waals surface area contributed by atoms with Crippen molar-refractivity contribution in [3.05, 3.63) is 47.5 Å². The normalized spacial score (nSPS) is 10.5. The molecule has 0 saturated carbocycles. The number of rotatable bonds is 11. The van der Waals surface area contributed by atoms with Gasteiger partial charge in [-0.2, -0.15) is 0 Å². The summed E-state index contributed by atoms with van der Waals surface area (Å²) in [7, 11) is 0. The number of halogens is 1. The second-order valence-corrected chi connectivity index (χ2v) is 7.05. The van der Waals surface area contributed by atoms with Gasteiger partial charge in [0.2, 0.25) is 5.82 Å². The van der Waals surface area contributed by atoms with E-state index in [0.29, 0.717) is 46.7 Å². The SMILES string of the molecule is CCCOc1ccc(-c2nonc2NC(=O)COc2ccc(Cl)cc2)cc1OCCC. The molecule has 0 aliphatic carbocycles. The lowest BCUT2D eigenvalue weighted by Crippen LogP contribution is -2.20. The lowest BCUT2D eigenvalue weighted by Gasteiger charge is -2.13. The van der Waals surface area contributed by atoms with Gasteiger partial charge in [0.15, 0.2) is 23.8 Å². The van der Waals surface area contributed by atoms with Crippen LogP contribution < -0.4 is 19.5 Å². The van der Waals surface area contributed by atoms with Gasteiger partial charge in [-0.25, -0.2) is 4.63 Å². The molecule has 164 valence electrons. The van der Waals surface area contributed by atoms with Crippen molar-refractivity contribution in [2.75, 3.05) is 25.1 Å². The van der Waals surface area contributed by atoms with Gasteiger partial charge in [-0.15, -0.1) is 0 Å². The zero-order valence-electron chi connectivity index (χ0n) is 17.4. The molecule has 1 amide bonds. The molecule has 0 aliphatic rings. The topological polar surface area (TPSA) is 95.7 Å². The van der Waals surface area contributed by atoms with Crippen molar-refractivity contribution in [3.63, 3.8) is 0 Å². The zero-order chi connectivity index (χ0) is 22.1. The maximum Gasteiger partial charge on any atom is 0.263 e. The molecule has 0 aliphatic heterocycles. The van der Waals surface area contributed by atoms with Crippen molar-refractivity contribution in [2.24, 2.45) is 0 Å². The van der Waals surface area contributed by atoms with E-state index in [9.17, 15) is 4.79 Å². The van der Waals surface area contributed by atoms with Crippen molar-refractivity contribution in [1.29, 1.82) is 0 Å². The first-order valence-corrected chi connectivity index (χ1v) is 10.4. The van der Waals surface area contributed by atoms with E-state index in [0.717, 1.165) is 12.8 Å². The van der Waals surface area contributed by atoms with E-state index in [4.69, 9.17) is 30.4 Å². The van der Waals surface area contributed by atoms with Crippen molar-refractivity contribution >= 4 is 23.3 Å². The van der Waals surface area contributed by atoms with Crippen LogP contribution in [0.3, 0.4) is 0 Å². The predicted molar refractivity (Wildman–Crippen MR) is 117 cm³/mol. The van der Waals surface area contributed by atoms with E-state index in [1.165, 1.54) is 0 Å². The van der Waals surface area contributed by atoms with Gasteiger partial charge in [0.25, 0.3) is 5.91 Å². The van der Waals surface area contributed by atoms with Crippen molar-refractivity contribution in [3.8, 4) is 28.5 Å². The molecule has 0 bridgehead atoms. The van der Waals surface area contributed by atoms with Crippen LogP contribution in [0.25, 0.3) is 11.3 Å². The zero-order valence-corrected chi connectivity index (χ0v) is 18.1. The Hall–Kier alpha value is -3.26. The number of aromatic nitrogens is 2. The van der Waals surface area contributed by atoms with Crippen LogP contribution in [0.15, 0.2) is 47.1 Å². The standard InChI is InChI=1S/C22H24ClN3O5/c1-3-11-28-18-10-5-15(13-19(18)29-12-4-2)21-22(26-31-25-21)24-20(27)14-30-17-8-6-16(23)7-9-17/h5-10,13H,3-4,11-12,14H2,1-2H3,(H,24,26,27). The summed E-state index contributed by atoms with van der Waals surface area (Å²) in [6.07, 6.45) is 1.74. The fraction of sp³-hybridized carbons (Fsp3) is 0.318. The van der Waals surface area contributed by atoms with E-state index >= 15 is 0 Å². The molecule has 0 fully saturated rings. The smallest absolute Gasteiger partial charge is 0.263 e. The van der Waals surface area contributed by atoms with Crippen LogP contribution in [-0.2, 0) is 4.79 Å². The van der Waals surface area contributed by atoms with Crippen molar-refractivity contribution < 1.29 is 23.6 Å². The van der Waals surface area contributed by atoms with E-state index in [-0.39, 0.29) is 12.4 Å². The summed E-state index contributed by atoms with van der Waals surface area (Å²) in [6.45, 7) is 4.99. The average molecular weight is 446 g/mol. The largest absolute Gasteiger partial charge is 0.490 e. The van der Waals surface area contributed by atoms with Gasteiger partial charge < -0.3 is 19.5 Å². The molecule has 1 heterocycles. The lowest BCUT2D eigenvalue weighted by molar-refractivity contribution is -0.118. The van der Waals surface area contributed by atoms with Gasteiger partial charge >= 0.3 is 0 Å². The summed E-state index contributed by atoms with van der Waals surface area (Å²) in [5.41, 5.74) is 1.05. The fourth-order valence-corrected chi connectivity index (χ4v) is 2.75. The summed E-state index contributed by atoms with van der Waals surface area (Å²) in [5.74, 6) is 1.56. The second kappa shape index (κ2) is 11.2. The highest BCUT2D eigenvalue weighted by atomic mass is 35.5. The third kappa shape index (κ3) is 6.36. The number of amides is 1. The second-order valence-electron chi connectivity index (χ2n) is 6.61. The van der Waals surface area contributed by atoms with E-state index in [1.807, 2.05) is 19.9 Å². The molecule has 1 N–H and O–H groups in total. The maximum atomic E-state index is 12.3. The third-order valence-corrected chi connectivity index (χ3v) is 4.32. The van der Waals surface area contributed by atoms with Crippen LogP contribution >= 0.6 is 11.6 Å². The number of nitrogens with one attached hydrogen (secondary N) is 1. The van der Waals surface area contributed by atoms with Gasteiger partial charge in [-0.05, 0) is 65.6 Å². The highest BCUT2D eigenvalue weighted by Crippen LogP contribution is 2.34. The Labute approximate surface area is 185 Å². The van der Waals surface area contributed by atoms with E-state index in [1.54, 1.807) is 36.4 Å². The van der Waals surface area contributed by atoms with Crippen LogP contribution in [0.1, 0.15) is 26.7 Å². The molecular weight excluding hydrogens is 422 g/mol. The van der Waals surface area contributed by atoms with Crippen LogP contribution in [0.4, 0.5) is 5.82 Å². The summed E-state index contributed by atoms with van der Waals surface area (Å²) in [6, 6.07) is 12.1. The Morgan fingerprint density at radius 1 is 0.968 bits per heavy atom. The first-order chi connectivity index (χ1) is 15.1. The highest BCUT2D eigenvalue weighted by Gasteiger charge is 2.18. The molecule has 3 aromatic rings. The Morgan fingerprint density at radius 3 is 2.39 bits per heavy atom. The van der Waals surface area contributed by atoms with Gasteiger partial charge in [-0.3, -0.25) is 4.79 Å². The average Bonchev–Trinajstić information content (AvgIpc) is 3.24. The van der Waals surface area contributed by atoms with E-state index < -0.39 is 5.91 Å². The number of anilines is 1. The molecular formula is C22H24ClN3O5. The van der Waals surface area contributed by atoms with Gasteiger partial charge in [0.05, 0.1) is 13.2 Å². The van der Waals surface area contributed by atoms with Gasteiger partial charge in [-0.1, -0.05) is 25.4 Å². The Kier molecular flexibility index (Phi) is 8.12. The third-order valence-electron chi connectivity index (χ3n) is 4.07. The van der Waals surface area contributed by atoms with Gasteiger partial charge in [0, 0.05) is 10.6 Å². The molecule has 31 heavy (non-hydrogen) atoms. The minimum Gasteiger partial charge on any atom is -0.490 e. The highest BCUT2D eigenvalue weighted by molar-refractivity contribution is 6.30. The molecule has 9 heteroatoms. The fourth-order valence-electron chi connectivity index (χ4n) is 2.62. The first kappa shape index (κ1) is 22.4. The number of nitrogens with zero attached hydrogens (tertiary/aromatic N) is 2. The van der Waals surface area contributed by atoms with Crippen molar-refractivity contribution in [1.82, 2.24) is 10.3 Å². The van der Waals surface area contributed by atoms with Crippen LogP contribution in [0.2, 0.25) is 5.02 Å². The molecule has 2 aromatic carbocycles. The number of hydrogen-bond acceptors (Lipinski definition) is 7. The Balaban J connectivity index is 1.70. The minimum absolute atomic E-state index is 0.188. The number of carbonyl (C=O) groups is 1. The monoisotopic (exact) mass is 445 g/mol. The Bertz CT molecular complexity index is 991. The molecule has 8 nitrogen and oxygen atoms in total. The quantitative estimate of drug-likeness (QED) is 0.444. The molecule has 1 aromatic heterocycles. The number of benzene rings is 2. The predicted octanol–water partition coefficient (Wildman–Crippen LogP) is 4.99. The van der Waals surface area contributed by atoms with Gasteiger partial charge in [0.1, 0.15) is 5.75 Å².